The Morgan fingerprint density at radius 1 is 1.04 bits per heavy atom. The van der Waals surface area contributed by atoms with E-state index in [4.69, 9.17) is 34.8 Å². The number of para-hydroxylation sites is 1. The molecule has 2 aromatic rings. The normalized spacial score (nSPS) is 11.1. The standard InChI is InChI=1S/C17H15Cl3N2O4S/c1-22(9-15(23)21-16-12(19)4-3-5-13(16)20)17(24)10-6-7-11(18)14(8-10)27(2,25)26/h3-8H,9H2,1-2H3,(H,21,23). The van der Waals surface area contributed by atoms with Gasteiger partial charge < -0.3 is 10.2 Å². The van der Waals surface area contributed by atoms with Crippen LogP contribution in [0.2, 0.25) is 15.1 Å². The Morgan fingerprint density at radius 2 is 1.63 bits per heavy atom. The van der Waals surface area contributed by atoms with Gasteiger partial charge in [-0.3, -0.25) is 9.59 Å². The first-order valence-electron chi connectivity index (χ1n) is 7.49. The van der Waals surface area contributed by atoms with Crippen LogP contribution in [0.15, 0.2) is 41.3 Å². The molecule has 0 radical (unpaired) electrons. The summed E-state index contributed by atoms with van der Waals surface area (Å²) in [5, 5.41) is 3.09. The van der Waals surface area contributed by atoms with E-state index in [0.717, 1.165) is 11.2 Å². The maximum Gasteiger partial charge on any atom is 0.254 e. The fourth-order valence-corrected chi connectivity index (χ4v) is 4.02. The number of hydrogen-bond donors (Lipinski definition) is 1. The van der Waals surface area contributed by atoms with E-state index in [9.17, 15) is 18.0 Å². The topological polar surface area (TPSA) is 83.6 Å². The first-order chi connectivity index (χ1) is 12.5. The summed E-state index contributed by atoms with van der Waals surface area (Å²) in [6.45, 7) is -0.294. The molecule has 6 nitrogen and oxygen atoms in total. The zero-order chi connectivity index (χ0) is 20.4. The van der Waals surface area contributed by atoms with Crippen LogP contribution >= 0.6 is 34.8 Å². The highest BCUT2D eigenvalue weighted by Crippen LogP contribution is 2.29. The van der Waals surface area contributed by atoms with Gasteiger partial charge in [-0.25, -0.2) is 8.42 Å². The molecule has 0 saturated carbocycles. The van der Waals surface area contributed by atoms with E-state index < -0.39 is 21.7 Å². The Bertz CT molecular complexity index is 989. The summed E-state index contributed by atoms with van der Waals surface area (Å²) in [5.74, 6) is -1.06. The monoisotopic (exact) mass is 448 g/mol. The lowest BCUT2D eigenvalue weighted by atomic mass is 10.2. The number of amides is 2. The maximum atomic E-state index is 12.5. The van der Waals surface area contributed by atoms with Gasteiger partial charge in [-0.15, -0.1) is 0 Å². The van der Waals surface area contributed by atoms with Crippen LogP contribution in [0.25, 0.3) is 0 Å². The number of carbonyl (C=O) groups excluding carboxylic acids is 2. The van der Waals surface area contributed by atoms with E-state index in [-0.39, 0.29) is 37.8 Å². The van der Waals surface area contributed by atoms with Gasteiger partial charge in [0.2, 0.25) is 5.91 Å². The summed E-state index contributed by atoms with van der Waals surface area (Å²) >= 11 is 17.9. The third-order valence-electron chi connectivity index (χ3n) is 3.53. The largest absolute Gasteiger partial charge is 0.332 e. The molecule has 0 heterocycles. The third-order valence-corrected chi connectivity index (χ3v) is 5.74. The molecular formula is C17H15Cl3N2O4S. The SMILES string of the molecule is CN(CC(=O)Nc1c(Cl)cccc1Cl)C(=O)c1ccc(Cl)c(S(C)(=O)=O)c1. The van der Waals surface area contributed by atoms with Gasteiger partial charge in [0.05, 0.1) is 32.2 Å². The Balaban J connectivity index is 2.15. The molecule has 10 heteroatoms. The highest BCUT2D eigenvalue weighted by molar-refractivity contribution is 7.90. The van der Waals surface area contributed by atoms with E-state index in [0.29, 0.717) is 0 Å². The van der Waals surface area contributed by atoms with Crippen molar-refractivity contribution in [3.63, 3.8) is 0 Å². The smallest absolute Gasteiger partial charge is 0.254 e. The van der Waals surface area contributed by atoms with Gasteiger partial charge in [0.25, 0.3) is 5.91 Å². The Kier molecular flexibility index (Phi) is 6.75. The van der Waals surface area contributed by atoms with Crippen molar-refractivity contribution < 1.29 is 18.0 Å². The lowest BCUT2D eigenvalue weighted by Crippen LogP contribution is -2.35. The molecule has 27 heavy (non-hydrogen) atoms. The molecule has 1 N–H and O–H groups in total. The second-order valence-electron chi connectivity index (χ2n) is 5.72. The average Bonchev–Trinajstić information content (AvgIpc) is 2.57. The molecule has 0 aliphatic heterocycles. The Hall–Kier alpha value is -1.80. The van der Waals surface area contributed by atoms with Crippen LogP contribution in [-0.2, 0) is 14.6 Å². The fraction of sp³-hybridized carbons (Fsp3) is 0.176. The maximum absolute atomic E-state index is 12.5. The van der Waals surface area contributed by atoms with E-state index in [1.54, 1.807) is 18.2 Å². The highest BCUT2D eigenvalue weighted by Gasteiger charge is 2.20. The molecule has 0 fully saturated rings. The second-order valence-corrected chi connectivity index (χ2v) is 8.93. The van der Waals surface area contributed by atoms with E-state index in [2.05, 4.69) is 5.32 Å². The number of anilines is 1. The summed E-state index contributed by atoms with van der Waals surface area (Å²) in [6, 6.07) is 8.66. The van der Waals surface area contributed by atoms with Crippen molar-refractivity contribution in [3.8, 4) is 0 Å². The minimum Gasteiger partial charge on any atom is -0.332 e. The number of carbonyl (C=O) groups is 2. The number of hydrogen-bond acceptors (Lipinski definition) is 4. The van der Waals surface area contributed by atoms with Crippen LogP contribution in [0.4, 0.5) is 5.69 Å². The van der Waals surface area contributed by atoms with Crippen molar-refractivity contribution in [3.05, 3.63) is 57.0 Å². The minimum absolute atomic E-state index is 0.0165. The molecule has 0 spiro atoms. The van der Waals surface area contributed by atoms with Gasteiger partial charge in [0.15, 0.2) is 9.84 Å². The van der Waals surface area contributed by atoms with Crippen molar-refractivity contribution in [2.75, 3.05) is 25.2 Å². The fourth-order valence-electron chi connectivity index (χ4n) is 2.22. The molecule has 2 aromatic carbocycles. The summed E-state index contributed by atoms with van der Waals surface area (Å²) in [5.41, 5.74) is 0.337. The molecule has 2 rings (SSSR count). The number of likely N-dealkylation sites (N-methyl/N-ethyl adjacent to an activating group) is 1. The molecule has 0 unspecified atom stereocenters. The van der Waals surface area contributed by atoms with Crippen molar-refractivity contribution in [2.45, 2.75) is 4.90 Å². The lowest BCUT2D eigenvalue weighted by molar-refractivity contribution is -0.116. The van der Waals surface area contributed by atoms with Crippen LogP contribution < -0.4 is 5.32 Å². The summed E-state index contributed by atoms with van der Waals surface area (Å²) in [7, 11) is -2.19. The van der Waals surface area contributed by atoms with Crippen molar-refractivity contribution in [2.24, 2.45) is 0 Å². The molecule has 144 valence electrons. The van der Waals surface area contributed by atoms with E-state index >= 15 is 0 Å². The zero-order valence-electron chi connectivity index (χ0n) is 14.3. The third kappa shape index (κ3) is 5.35. The lowest BCUT2D eigenvalue weighted by Gasteiger charge is -2.18. The van der Waals surface area contributed by atoms with Gasteiger partial charge in [0.1, 0.15) is 0 Å². The van der Waals surface area contributed by atoms with Gasteiger partial charge in [-0.1, -0.05) is 40.9 Å². The van der Waals surface area contributed by atoms with Gasteiger partial charge in [0, 0.05) is 18.9 Å². The summed E-state index contributed by atoms with van der Waals surface area (Å²) < 4.78 is 23.5. The quantitative estimate of drug-likeness (QED) is 0.753. The van der Waals surface area contributed by atoms with Crippen LogP contribution in [0.3, 0.4) is 0 Å². The number of halogens is 3. The van der Waals surface area contributed by atoms with Gasteiger partial charge >= 0.3 is 0 Å². The summed E-state index contributed by atoms with van der Waals surface area (Å²) in [4.78, 5) is 25.7. The molecule has 0 aliphatic rings. The van der Waals surface area contributed by atoms with Gasteiger partial charge in [-0.2, -0.15) is 0 Å². The highest BCUT2D eigenvalue weighted by atomic mass is 35.5. The van der Waals surface area contributed by atoms with Crippen molar-refractivity contribution in [1.82, 2.24) is 4.90 Å². The Morgan fingerprint density at radius 3 is 2.19 bits per heavy atom. The number of benzene rings is 2. The Labute approximate surface area is 171 Å². The number of sulfone groups is 1. The first-order valence-corrected chi connectivity index (χ1v) is 10.5. The van der Waals surface area contributed by atoms with E-state index in [1.165, 1.54) is 25.2 Å². The molecule has 0 atom stereocenters. The average molecular weight is 450 g/mol. The number of nitrogens with zero attached hydrogens (tertiary/aromatic N) is 1. The van der Waals surface area contributed by atoms with Gasteiger partial charge in [-0.05, 0) is 30.3 Å². The van der Waals surface area contributed by atoms with E-state index in [1.807, 2.05) is 0 Å². The second kappa shape index (κ2) is 8.48. The first kappa shape index (κ1) is 21.5. The van der Waals surface area contributed by atoms with Crippen LogP contribution in [0.5, 0.6) is 0 Å². The molecule has 0 saturated heterocycles. The molecule has 0 bridgehead atoms. The van der Waals surface area contributed by atoms with Crippen molar-refractivity contribution >= 4 is 62.1 Å². The number of nitrogens with one attached hydrogen (secondary N) is 1. The van der Waals surface area contributed by atoms with Crippen LogP contribution in [-0.4, -0.2) is 45.0 Å². The van der Waals surface area contributed by atoms with Crippen molar-refractivity contribution in [1.29, 1.82) is 0 Å². The molecule has 2 amide bonds. The molecule has 0 aliphatic carbocycles. The predicted molar refractivity (Wildman–Crippen MR) is 107 cm³/mol. The molecule has 0 aromatic heterocycles. The molecular weight excluding hydrogens is 435 g/mol. The van der Waals surface area contributed by atoms with Crippen LogP contribution in [0, 0.1) is 0 Å². The minimum atomic E-state index is -3.60. The van der Waals surface area contributed by atoms with Crippen LogP contribution in [0.1, 0.15) is 10.4 Å². The predicted octanol–water partition coefficient (Wildman–Crippen LogP) is 3.76. The summed E-state index contributed by atoms with van der Waals surface area (Å²) in [6.07, 6.45) is 0.993. The zero-order valence-corrected chi connectivity index (χ0v) is 17.4. The number of rotatable bonds is 5.